The largest absolute Gasteiger partial charge is 0.373 e. The molecule has 0 aliphatic carbocycles. The Bertz CT molecular complexity index is 442. The molecule has 0 bridgehead atoms. The molecule has 0 amide bonds. The van der Waals surface area contributed by atoms with Gasteiger partial charge in [-0.3, -0.25) is 10.5 Å². The maximum absolute atomic E-state index is 5.94. The Labute approximate surface area is 128 Å². The van der Waals surface area contributed by atoms with E-state index in [1.54, 1.807) is 0 Å². The quantitative estimate of drug-likeness (QED) is 0.600. The molecule has 2 heterocycles. The lowest BCUT2D eigenvalue weighted by atomic mass is 9.91. The van der Waals surface area contributed by atoms with Crippen LogP contribution in [0.5, 0.6) is 0 Å². The van der Waals surface area contributed by atoms with Gasteiger partial charge in [-0.2, -0.15) is 5.10 Å². The molecule has 114 valence electrons. The van der Waals surface area contributed by atoms with E-state index in [2.05, 4.69) is 52.4 Å². The number of nitrogens with two attached hydrogens (primary N) is 1. The first kappa shape index (κ1) is 15.9. The summed E-state index contributed by atoms with van der Waals surface area (Å²) in [5, 5.41) is 4.45. The molecule has 6 nitrogen and oxygen atoms in total. The molecule has 0 aromatic carbocycles. The van der Waals surface area contributed by atoms with Crippen molar-refractivity contribution in [2.75, 3.05) is 27.2 Å². The first-order valence-corrected chi connectivity index (χ1v) is 7.73. The summed E-state index contributed by atoms with van der Waals surface area (Å²) in [6.07, 6.45) is 3.89. The highest BCUT2D eigenvalue weighted by Crippen LogP contribution is 2.39. The Morgan fingerprint density at radius 3 is 2.95 bits per heavy atom. The number of hydrazine groups is 1. The number of likely N-dealkylation sites (N-methyl/N-ethyl adjacent to an activating group) is 1. The van der Waals surface area contributed by atoms with Gasteiger partial charge in [0.2, 0.25) is 0 Å². The Hall–Kier alpha value is -0.470. The summed E-state index contributed by atoms with van der Waals surface area (Å²) in [5.74, 6) is 5.82. The summed E-state index contributed by atoms with van der Waals surface area (Å²) in [4.78, 5) is 2.14. The molecule has 1 aromatic rings. The van der Waals surface area contributed by atoms with E-state index in [1.165, 1.54) is 0 Å². The predicted octanol–water partition coefficient (Wildman–Crippen LogP) is 1.28. The monoisotopic (exact) mass is 345 g/mol. The van der Waals surface area contributed by atoms with Crippen LogP contribution in [-0.2, 0) is 11.3 Å². The highest BCUT2D eigenvalue weighted by Gasteiger charge is 2.41. The van der Waals surface area contributed by atoms with E-state index in [-0.39, 0.29) is 11.6 Å². The van der Waals surface area contributed by atoms with Crippen molar-refractivity contribution in [2.45, 2.75) is 38.0 Å². The maximum atomic E-state index is 5.94. The first-order valence-electron chi connectivity index (χ1n) is 6.94. The van der Waals surface area contributed by atoms with E-state index in [4.69, 9.17) is 10.6 Å². The minimum atomic E-state index is -0.285. The van der Waals surface area contributed by atoms with Crippen molar-refractivity contribution >= 4 is 15.9 Å². The average Bonchev–Trinajstić information content (AvgIpc) is 2.97. The Morgan fingerprint density at radius 2 is 2.40 bits per heavy atom. The zero-order valence-corrected chi connectivity index (χ0v) is 14.0. The first-order chi connectivity index (χ1) is 9.48. The summed E-state index contributed by atoms with van der Waals surface area (Å²) in [5.41, 5.74) is 3.70. The lowest BCUT2D eigenvalue weighted by Crippen LogP contribution is -2.45. The predicted molar refractivity (Wildman–Crippen MR) is 82.1 cm³/mol. The van der Waals surface area contributed by atoms with Crippen molar-refractivity contribution in [1.82, 2.24) is 20.1 Å². The van der Waals surface area contributed by atoms with E-state index in [9.17, 15) is 0 Å². The van der Waals surface area contributed by atoms with E-state index in [0.29, 0.717) is 0 Å². The second-order valence-electron chi connectivity index (χ2n) is 5.77. The molecule has 0 spiro atoms. The molecule has 2 unspecified atom stereocenters. The molecule has 0 saturated carbocycles. The third-order valence-electron chi connectivity index (χ3n) is 3.89. The van der Waals surface area contributed by atoms with Gasteiger partial charge < -0.3 is 9.64 Å². The summed E-state index contributed by atoms with van der Waals surface area (Å²) in [6.45, 7) is 4.65. The van der Waals surface area contributed by atoms with Crippen LogP contribution in [0, 0.1) is 0 Å². The van der Waals surface area contributed by atoms with Crippen LogP contribution in [0.3, 0.4) is 0 Å². The Morgan fingerprint density at radius 1 is 1.65 bits per heavy atom. The summed E-state index contributed by atoms with van der Waals surface area (Å²) in [6, 6.07) is -0.0796. The van der Waals surface area contributed by atoms with Gasteiger partial charge in [0.15, 0.2) is 0 Å². The molecule has 2 atom stereocenters. The van der Waals surface area contributed by atoms with Crippen molar-refractivity contribution < 1.29 is 4.74 Å². The molecule has 2 rings (SSSR count). The number of rotatable bonds is 6. The van der Waals surface area contributed by atoms with Crippen LogP contribution in [0.15, 0.2) is 10.7 Å². The molecule has 3 N–H and O–H groups in total. The number of ether oxygens (including phenoxy) is 1. The Kier molecular flexibility index (Phi) is 5.19. The van der Waals surface area contributed by atoms with Crippen molar-refractivity contribution in [3.05, 3.63) is 16.4 Å². The number of hydrogen-bond acceptors (Lipinski definition) is 5. The fourth-order valence-electron chi connectivity index (χ4n) is 2.70. The molecular formula is C13H24BrN5O. The van der Waals surface area contributed by atoms with Gasteiger partial charge in [-0.05, 0) is 49.8 Å². The summed E-state index contributed by atoms with van der Waals surface area (Å²) < 4.78 is 8.91. The highest BCUT2D eigenvalue weighted by atomic mass is 79.9. The fraction of sp³-hybridized carbons (Fsp3) is 0.769. The molecule has 1 fully saturated rings. The van der Waals surface area contributed by atoms with Crippen LogP contribution in [0.25, 0.3) is 0 Å². The topological polar surface area (TPSA) is 68.3 Å². The van der Waals surface area contributed by atoms with E-state index in [1.807, 2.05) is 10.9 Å². The minimum absolute atomic E-state index is 0.0796. The van der Waals surface area contributed by atoms with Crippen molar-refractivity contribution in [3.63, 3.8) is 0 Å². The van der Waals surface area contributed by atoms with Crippen LogP contribution < -0.4 is 11.3 Å². The molecule has 7 heteroatoms. The number of halogens is 1. The number of nitrogens with zero attached hydrogens (tertiary/aromatic N) is 3. The number of nitrogens with one attached hydrogen (secondary N) is 1. The summed E-state index contributed by atoms with van der Waals surface area (Å²) in [7, 11) is 4.11. The molecule has 1 saturated heterocycles. The van der Waals surface area contributed by atoms with Gasteiger partial charge >= 0.3 is 0 Å². The molecular weight excluding hydrogens is 322 g/mol. The molecule has 0 radical (unpaired) electrons. The average molecular weight is 346 g/mol. The normalized spacial score (nSPS) is 24.5. The lowest BCUT2D eigenvalue weighted by molar-refractivity contribution is -0.0151. The zero-order valence-electron chi connectivity index (χ0n) is 12.4. The highest BCUT2D eigenvalue weighted by molar-refractivity contribution is 9.10. The van der Waals surface area contributed by atoms with Crippen LogP contribution in [0.2, 0.25) is 0 Å². The maximum Gasteiger partial charge on any atom is 0.0927 e. The summed E-state index contributed by atoms with van der Waals surface area (Å²) >= 11 is 3.59. The molecule has 1 aliphatic heterocycles. The number of hydrogen-bond donors (Lipinski definition) is 2. The lowest BCUT2D eigenvalue weighted by Gasteiger charge is -2.33. The van der Waals surface area contributed by atoms with Crippen LogP contribution in [-0.4, -0.2) is 47.5 Å². The second kappa shape index (κ2) is 6.53. The standard InChI is InChI=1S/C13H24BrN5O/c1-13(5-4-8-20-13)12(17-15)11-10(14)9-16-19(11)7-6-18(2)3/h9,12,17H,4-8,15H2,1-3H3. The third-order valence-corrected chi connectivity index (χ3v) is 4.50. The second-order valence-corrected chi connectivity index (χ2v) is 6.62. The van der Waals surface area contributed by atoms with Crippen LogP contribution in [0.1, 0.15) is 31.5 Å². The molecule has 1 aliphatic rings. The van der Waals surface area contributed by atoms with Gasteiger partial charge in [-0.25, -0.2) is 5.43 Å². The van der Waals surface area contributed by atoms with Crippen LogP contribution >= 0.6 is 15.9 Å². The van der Waals surface area contributed by atoms with Crippen LogP contribution in [0.4, 0.5) is 0 Å². The van der Waals surface area contributed by atoms with E-state index >= 15 is 0 Å². The fourth-order valence-corrected chi connectivity index (χ4v) is 3.23. The van der Waals surface area contributed by atoms with Crippen molar-refractivity contribution in [1.29, 1.82) is 0 Å². The van der Waals surface area contributed by atoms with Gasteiger partial charge in [0.05, 0.1) is 34.6 Å². The molecule has 1 aromatic heterocycles. The number of aromatic nitrogens is 2. The van der Waals surface area contributed by atoms with Gasteiger partial charge in [-0.1, -0.05) is 0 Å². The van der Waals surface area contributed by atoms with Crippen molar-refractivity contribution in [3.8, 4) is 0 Å². The van der Waals surface area contributed by atoms with Gasteiger partial charge in [0.1, 0.15) is 0 Å². The Balaban J connectivity index is 2.26. The van der Waals surface area contributed by atoms with Crippen molar-refractivity contribution in [2.24, 2.45) is 5.84 Å². The SMILES string of the molecule is CN(C)CCn1ncc(Br)c1C(NN)C1(C)CCCO1. The minimum Gasteiger partial charge on any atom is -0.373 e. The zero-order chi connectivity index (χ0) is 14.8. The van der Waals surface area contributed by atoms with E-state index < -0.39 is 0 Å². The van der Waals surface area contributed by atoms with Gasteiger partial charge in [-0.15, -0.1) is 0 Å². The molecule has 20 heavy (non-hydrogen) atoms. The van der Waals surface area contributed by atoms with Gasteiger partial charge in [0.25, 0.3) is 0 Å². The van der Waals surface area contributed by atoms with E-state index in [0.717, 1.165) is 42.7 Å². The third kappa shape index (κ3) is 3.23. The van der Waals surface area contributed by atoms with Gasteiger partial charge in [0, 0.05) is 13.2 Å². The smallest absolute Gasteiger partial charge is 0.0927 e.